The average Bonchev–Trinajstić information content (AvgIpc) is 3.60. The first-order valence-corrected chi connectivity index (χ1v) is 14.2. The van der Waals surface area contributed by atoms with Crippen molar-refractivity contribution in [1.29, 1.82) is 0 Å². The van der Waals surface area contributed by atoms with E-state index in [-0.39, 0.29) is 16.9 Å². The molecule has 0 aliphatic heterocycles. The minimum Gasteiger partial charge on any atom is -0.381 e. The zero-order chi connectivity index (χ0) is 29.5. The molecule has 0 spiro atoms. The zero-order valence-corrected chi connectivity index (χ0v) is 23.5. The maximum absolute atomic E-state index is 14.3. The Balaban J connectivity index is 1.33. The SMILES string of the molecule is CC(NC(=O)c1c(N)nn2cccnc12)c1cc2cccc(C#Cc3n[nH]c4c3CCCC4)c2c(=O)n1-c1ccccc1. The summed E-state index contributed by atoms with van der Waals surface area (Å²) in [6.07, 6.45) is 7.46. The van der Waals surface area contributed by atoms with Crippen molar-refractivity contribution in [2.75, 3.05) is 5.73 Å². The highest BCUT2D eigenvalue weighted by Crippen LogP contribution is 2.25. The number of nitrogens with one attached hydrogen (secondary N) is 2. The summed E-state index contributed by atoms with van der Waals surface area (Å²) in [6.45, 7) is 1.83. The number of carbonyl (C=O) groups excluding carboxylic acids is 1. The number of hydrogen-bond donors (Lipinski definition) is 3. The number of nitrogens with two attached hydrogens (primary N) is 1. The molecule has 4 heterocycles. The second kappa shape index (κ2) is 10.6. The molecule has 1 aliphatic rings. The number of anilines is 1. The second-order valence-corrected chi connectivity index (χ2v) is 10.6. The lowest BCUT2D eigenvalue weighted by Crippen LogP contribution is -2.32. The fraction of sp³-hybridized carbons (Fsp3) is 0.182. The third kappa shape index (κ3) is 4.61. The van der Waals surface area contributed by atoms with Crippen LogP contribution in [0.1, 0.15) is 64.4 Å². The van der Waals surface area contributed by atoms with Gasteiger partial charge in [0.05, 0.1) is 11.4 Å². The van der Waals surface area contributed by atoms with E-state index in [1.807, 2.05) is 61.5 Å². The molecule has 43 heavy (non-hydrogen) atoms. The smallest absolute Gasteiger partial charge is 0.264 e. The molecule has 1 amide bonds. The van der Waals surface area contributed by atoms with Gasteiger partial charge >= 0.3 is 0 Å². The molecule has 4 N–H and O–H groups in total. The largest absolute Gasteiger partial charge is 0.381 e. The van der Waals surface area contributed by atoms with Gasteiger partial charge in [0, 0.05) is 40.6 Å². The van der Waals surface area contributed by atoms with Gasteiger partial charge in [-0.05, 0) is 74.2 Å². The van der Waals surface area contributed by atoms with E-state index in [1.54, 1.807) is 23.0 Å². The van der Waals surface area contributed by atoms with Crippen molar-refractivity contribution in [3.05, 3.63) is 117 Å². The fourth-order valence-electron chi connectivity index (χ4n) is 5.82. The Labute approximate surface area is 246 Å². The molecular formula is C33H28N8O2. The number of carbonyl (C=O) groups is 1. The van der Waals surface area contributed by atoms with Gasteiger partial charge in [0.1, 0.15) is 11.3 Å². The molecule has 2 aromatic carbocycles. The molecule has 10 nitrogen and oxygen atoms in total. The Morgan fingerprint density at radius 3 is 2.77 bits per heavy atom. The lowest BCUT2D eigenvalue weighted by molar-refractivity contribution is 0.0941. The van der Waals surface area contributed by atoms with Crippen LogP contribution in [0.25, 0.3) is 22.1 Å². The van der Waals surface area contributed by atoms with Crippen LogP contribution in [-0.4, -0.2) is 35.3 Å². The molecule has 0 saturated carbocycles. The van der Waals surface area contributed by atoms with E-state index >= 15 is 0 Å². The van der Waals surface area contributed by atoms with Gasteiger partial charge in [-0.2, -0.15) is 5.10 Å². The van der Waals surface area contributed by atoms with Crippen molar-refractivity contribution in [3.63, 3.8) is 0 Å². The number of benzene rings is 2. The summed E-state index contributed by atoms with van der Waals surface area (Å²) in [5.74, 6) is 6.10. The van der Waals surface area contributed by atoms with Crippen molar-refractivity contribution in [1.82, 2.24) is 34.7 Å². The van der Waals surface area contributed by atoms with Crippen LogP contribution >= 0.6 is 0 Å². The van der Waals surface area contributed by atoms with Gasteiger partial charge < -0.3 is 11.1 Å². The van der Waals surface area contributed by atoms with Gasteiger partial charge in [-0.3, -0.25) is 19.3 Å². The summed E-state index contributed by atoms with van der Waals surface area (Å²) in [4.78, 5) is 32.1. The quantitative estimate of drug-likeness (QED) is 0.274. The van der Waals surface area contributed by atoms with Gasteiger partial charge in [0.15, 0.2) is 11.5 Å². The maximum atomic E-state index is 14.3. The summed E-state index contributed by atoms with van der Waals surface area (Å²) in [5.41, 5.74) is 11.4. The number of aromatic amines is 1. The number of nitrogens with zero attached hydrogens (tertiary/aromatic N) is 5. The fourth-order valence-corrected chi connectivity index (χ4v) is 5.82. The van der Waals surface area contributed by atoms with E-state index in [0.29, 0.717) is 28.0 Å². The average molecular weight is 569 g/mol. The third-order valence-electron chi connectivity index (χ3n) is 7.90. The Kier molecular flexibility index (Phi) is 6.47. The highest BCUT2D eigenvalue weighted by atomic mass is 16.2. The van der Waals surface area contributed by atoms with Gasteiger partial charge in [-0.25, -0.2) is 9.50 Å². The molecule has 10 heteroatoms. The molecular weight excluding hydrogens is 540 g/mol. The van der Waals surface area contributed by atoms with Crippen molar-refractivity contribution in [3.8, 4) is 17.5 Å². The predicted octanol–water partition coefficient (Wildman–Crippen LogP) is 4.11. The van der Waals surface area contributed by atoms with E-state index in [1.165, 1.54) is 10.1 Å². The number of aryl methyl sites for hydroxylation is 1. The topological polar surface area (TPSA) is 136 Å². The summed E-state index contributed by atoms with van der Waals surface area (Å²) >= 11 is 0. The molecule has 1 unspecified atom stereocenters. The zero-order valence-electron chi connectivity index (χ0n) is 23.5. The lowest BCUT2D eigenvalue weighted by atomic mass is 9.96. The molecule has 0 saturated heterocycles. The van der Waals surface area contributed by atoms with Gasteiger partial charge in [0.2, 0.25) is 0 Å². The standard InChI is InChI=1S/C33H28N8O2/c1-20(36-32(42)29-30(34)39-40-18-8-17-35-31(29)40)27-19-22-10-7-9-21(15-16-26-24-13-5-6-14-25(24)37-38-26)28(22)33(43)41(27)23-11-3-2-4-12-23/h2-4,7-12,17-20H,5-6,13-14H2,1H3,(H2,34,39)(H,36,42)(H,37,38). The minimum absolute atomic E-state index is 0.0729. The Bertz CT molecular complexity index is 2150. The molecule has 0 bridgehead atoms. The Morgan fingerprint density at radius 2 is 1.91 bits per heavy atom. The van der Waals surface area contributed by atoms with E-state index in [4.69, 9.17) is 5.73 Å². The van der Waals surface area contributed by atoms with E-state index in [2.05, 4.69) is 37.4 Å². The number of fused-ring (bicyclic) bond motifs is 3. The summed E-state index contributed by atoms with van der Waals surface area (Å²) in [5, 5.41) is 16.0. The number of pyridine rings is 1. The maximum Gasteiger partial charge on any atom is 0.264 e. The number of nitrogen functional groups attached to an aromatic ring is 1. The summed E-state index contributed by atoms with van der Waals surface area (Å²) < 4.78 is 3.10. The monoisotopic (exact) mass is 568 g/mol. The van der Waals surface area contributed by atoms with Crippen LogP contribution in [0.15, 0.2) is 77.9 Å². The molecule has 0 radical (unpaired) electrons. The van der Waals surface area contributed by atoms with Crippen LogP contribution in [0.3, 0.4) is 0 Å². The van der Waals surface area contributed by atoms with Crippen molar-refractivity contribution in [2.24, 2.45) is 0 Å². The van der Waals surface area contributed by atoms with Gasteiger partial charge in [0.25, 0.3) is 11.5 Å². The first-order valence-electron chi connectivity index (χ1n) is 14.2. The van der Waals surface area contributed by atoms with Crippen LogP contribution in [0.2, 0.25) is 0 Å². The normalized spacial score (nSPS) is 13.3. The highest BCUT2D eigenvalue weighted by molar-refractivity contribution is 6.04. The van der Waals surface area contributed by atoms with Crippen molar-refractivity contribution < 1.29 is 4.79 Å². The number of hydrogen-bond acceptors (Lipinski definition) is 6. The summed E-state index contributed by atoms with van der Waals surface area (Å²) in [7, 11) is 0. The van der Waals surface area contributed by atoms with Crippen molar-refractivity contribution >= 4 is 28.1 Å². The summed E-state index contributed by atoms with van der Waals surface area (Å²) in [6, 6.07) is 18.1. The molecule has 7 rings (SSSR count). The highest BCUT2D eigenvalue weighted by Gasteiger charge is 2.24. The number of amides is 1. The second-order valence-electron chi connectivity index (χ2n) is 10.6. The number of aromatic nitrogens is 6. The van der Waals surface area contributed by atoms with Crippen LogP contribution < -0.4 is 16.6 Å². The van der Waals surface area contributed by atoms with Gasteiger partial charge in [-0.1, -0.05) is 36.3 Å². The predicted molar refractivity (Wildman–Crippen MR) is 164 cm³/mol. The van der Waals surface area contributed by atoms with E-state index < -0.39 is 11.9 Å². The molecule has 1 aliphatic carbocycles. The number of para-hydroxylation sites is 1. The van der Waals surface area contributed by atoms with E-state index in [9.17, 15) is 9.59 Å². The van der Waals surface area contributed by atoms with Crippen LogP contribution in [0, 0.1) is 11.8 Å². The number of H-pyrrole nitrogens is 1. The lowest BCUT2D eigenvalue weighted by Gasteiger charge is -2.21. The molecule has 4 aromatic heterocycles. The minimum atomic E-state index is -0.576. The molecule has 212 valence electrons. The van der Waals surface area contributed by atoms with Crippen molar-refractivity contribution in [2.45, 2.75) is 38.6 Å². The van der Waals surface area contributed by atoms with Gasteiger partial charge in [-0.15, -0.1) is 5.10 Å². The number of rotatable bonds is 4. The molecule has 6 aromatic rings. The molecule has 0 fully saturated rings. The first kappa shape index (κ1) is 26.2. The first-order chi connectivity index (χ1) is 21.0. The van der Waals surface area contributed by atoms with Crippen LogP contribution in [0.5, 0.6) is 0 Å². The van der Waals surface area contributed by atoms with Crippen LogP contribution in [-0.2, 0) is 12.8 Å². The molecule has 1 atom stereocenters. The van der Waals surface area contributed by atoms with E-state index in [0.717, 1.165) is 42.5 Å². The van der Waals surface area contributed by atoms with Crippen LogP contribution in [0.4, 0.5) is 5.82 Å². The Morgan fingerprint density at radius 1 is 1.07 bits per heavy atom. The Hall–Kier alpha value is -5.69. The third-order valence-corrected chi connectivity index (χ3v) is 7.90.